The van der Waals surface area contributed by atoms with Crippen LogP contribution in [0.1, 0.15) is 43.2 Å². The van der Waals surface area contributed by atoms with Gasteiger partial charge < -0.3 is 34.6 Å². The quantitative estimate of drug-likeness (QED) is 0.373. The molecule has 214 valence electrons. The predicted molar refractivity (Wildman–Crippen MR) is 149 cm³/mol. The number of benzene rings is 1. The number of aliphatic hydroxyl groups is 1. The predicted octanol–water partition coefficient (Wildman–Crippen LogP) is 2.67. The number of aliphatic hydroxyl groups excluding tert-OH is 1. The third-order valence-electron chi connectivity index (χ3n) is 7.50. The molecule has 2 saturated heterocycles. The first-order valence-electron chi connectivity index (χ1n) is 13.5. The van der Waals surface area contributed by atoms with Crippen molar-refractivity contribution in [2.75, 3.05) is 37.7 Å². The van der Waals surface area contributed by atoms with Crippen molar-refractivity contribution in [2.45, 2.75) is 51.8 Å². The number of anilines is 1. The van der Waals surface area contributed by atoms with Gasteiger partial charge in [0.25, 0.3) is 0 Å². The van der Waals surface area contributed by atoms with Crippen LogP contribution in [-0.4, -0.2) is 82.1 Å². The number of rotatable bonds is 8. The number of phenolic OH excluding ortho intramolecular Hbond substituents is 1. The highest BCUT2D eigenvalue weighted by Gasteiger charge is 2.43. The molecule has 2 aromatic heterocycles. The molecule has 3 atom stereocenters. The van der Waals surface area contributed by atoms with Crippen LogP contribution in [0.4, 0.5) is 5.82 Å². The summed E-state index contributed by atoms with van der Waals surface area (Å²) in [6.45, 7) is 8.47. The zero-order valence-electron chi connectivity index (χ0n) is 22.9. The molecule has 11 nitrogen and oxygen atoms in total. The second-order valence-corrected chi connectivity index (χ2v) is 11.5. The van der Waals surface area contributed by atoms with Crippen molar-refractivity contribution in [2.24, 2.45) is 5.92 Å². The van der Waals surface area contributed by atoms with Crippen molar-refractivity contribution in [1.29, 1.82) is 0 Å². The summed E-state index contributed by atoms with van der Waals surface area (Å²) in [4.78, 5) is 35.8. The van der Waals surface area contributed by atoms with Crippen LogP contribution in [0.2, 0.25) is 0 Å². The van der Waals surface area contributed by atoms with E-state index in [4.69, 9.17) is 9.26 Å². The van der Waals surface area contributed by atoms with E-state index in [1.807, 2.05) is 26.8 Å². The lowest BCUT2D eigenvalue weighted by Gasteiger charge is -2.29. The molecule has 0 bridgehead atoms. The Kier molecular flexibility index (Phi) is 8.38. The molecule has 0 aliphatic carbocycles. The third kappa shape index (κ3) is 5.84. The standard InChI is InChI=1S/C28H35N5O6S/c1-16(2)25(23-12-24(31-39-23)32-6-8-38-9-7-32)28(37)33-14-20(34)11-21(33)27(36)29-13-19-5-4-18(10-22(19)35)26-17(3)30-15-40-26/h4-5,10,12,15-16,20-21,25,34-35H,6-9,11,13-14H2,1-3H3,(H,29,36)/t20-,21+,25-/m1/s1. The lowest BCUT2D eigenvalue weighted by Crippen LogP contribution is -2.48. The van der Waals surface area contributed by atoms with Gasteiger partial charge in [-0.2, -0.15) is 0 Å². The third-order valence-corrected chi connectivity index (χ3v) is 8.48. The molecule has 12 heteroatoms. The van der Waals surface area contributed by atoms with Crippen LogP contribution in [-0.2, 0) is 20.9 Å². The van der Waals surface area contributed by atoms with Gasteiger partial charge in [0.15, 0.2) is 11.6 Å². The average Bonchev–Trinajstić information content (AvgIpc) is 3.68. The Hall–Kier alpha value is -3.48. The highest BCUT2D eigenvalue weighted by atomic mass is 32.1. The van der Waals surface area contributed by atoms with Crippen molar-refractivity contribution in [3.63, 3.8) is 0 Å². The number of aryl methyl sites for hydroxylation is 1. The number of ether oxygens (including phenoxy) is 1. The fraction of sp³-hybridized carbons (Fsp3) is 0.500. The Labute approximate surface area is 236 Å². The number of β-amino-alcohol motifs (C(OH)–C–C–N with tert-alkyl or cyclic N) is 1. The molecular formula is C28H35N5O6S. The van der Waals surface area contributed by atoms with E-state index in [9.17, 15) is 19.8 Å². The summed E-state index contributed by atoms with van der Waals surface area (Å²) in [6, 6.07) is 6.25. The number of morpholine rings is 1. The first-order chi connectivity index (χ1) is 19.2. The summed E-state index contributed by atoms with van der Waals surface area (Å²) in [5, 5.41) is 28.1. The number of amides is 2. The molecule has 5 rings (SSSR count). The van der Waals surface area contributed by atoms with Crippen molar-refractivity contribution in [3.8, 4) is 16.2 Å². The Morgan fingerprint density at radius 1 is 1.23 bits per heavy atom. The number of nitrogens with zero attached hydrogens (tertiary/aromatic N) is 4. The van der Waals surface area contributed by atoms with Crippen molar-refractivity contribution in [3.05, 3.63) is 46.8 Å². The van der Waals surface area contributed by atoms with E-state index in [-0.39, 0.29) is 43.0 Å². The maximum absolute atomic E-state index is 13.8. The molecule has 2 amide bonds. The average molecular weight is 570 g/mol. The number of carbonyl (C=O) groups is 2. The fourth-order valence-electron chi connectivity index (χ4n) is 5.32. The molecule has 40 heavy (non-hydrogen) atoms. The van der Waals surface area contributed by atoms with Crippen LogP contribution >= 0.6 is 11.3 Å². The molecule has 3 aromatic rings. The van der Waals surface area contributed by atoms with E-state index in [2.05, 4.69) is 20.4 Å². The van der Waals surface area contributed by atoms with Gasteiger partial charge in [0.2, 0.25) is 11.8 Å². The molecule has 2 aliphatic rings. The van der Waals surface area contributed by atoms with Gasteiger partial charge in [0.1, 0.15) is 17.7 Å². The molecule has 3 N–H and O–H groups in total. The Bertz CT molecular complexity index is 1350. The topological polar surface area (TPSA) is 141 Å². The van der Waals surface area contributed by atoms with E-state index < -0.39 is 18.1 Å². The fourth-order valence-corrected chi connectivity index (χ4v) is 6.12. The summed E-state index contributed by atoms with van der Waals surface area (Å²) in [6.07, 6.45) is -0.686. The maximum Gasteiger partial charge on any atom is 0.243 e. The van der Waals surface area contributed by atoms with Crippen LogP contribution in [0.5, 0.6) is 5.75 Å². The number of carbonyl (C=O) groups excluding carboxylic acids is 2. The smallest absolute Gasteiger partial charge is 0.243 e. The largest absolute Gasteiger partial charge is 0.508 e. The highest BCUT2D eigenvalue weighted by Crippen LogP contribution is 2.34. The zero-order chi connectivity index (χ0) is 28.4. The number of aromatic nitrogens is 2. The van der Waals surface area contributed by atoms with Crippen LogP contribution < -0.4 is 10.2 Å². The highest BCUT2D eigenvalue weighted by molar-refractivity contribution is 7.13. The molecule has 4 heterocycles. The normalized spacial score (nSPS) is 20.2. The Morgan fingerprint density at radius 2 is 2.00 bits per heavy atom. The molecular weight excluding hydrogens is 534 g/mol. The molecule has 2 aliphatic heterocycles. The second-order valence-electron chi connectivity index (χ2n) is 10.6. The number of hydrogen-bond acceptors (Lipinski definition) is 10. The van der Waals surface area contributed by atoms with E-state index in [0.717, 1.165) is 16.1 Å². The summed E-state index contributed by atoms with van der Waals surface area (Å²) in [5.74, 6) is -0.311. The minimum atomic E-state index is -0.841. The lowest BCUT2D eigenvalue weighted by atomic mass is 9.91. The minimum Gasteiger partial charge on any atom is -0.508 e. The molecule has 0 saturated carbocycles. The van der Waals surface area contributed by atoms with Crippen molar-refractivity contribution >= 4 is 29.0 Å². The molecule has 1 aromatic carbocycles. The van der Waals surface area contributed by atoms with Crippen LogP contribution in [0.25, 0.3) is 10.4 Å². The number of aromatic hydroxyl groups is 1. The minimum absolute atomic E-state index is 0.0543. The number of hydrogen-bond donors (Lipinski definition) is 3. The summed E-state index contributed by atoms with van der Waals surface area (Å²) in [5.41, 5.74) is 4.05. The summed E-state index contributed by atoms with van der Waals surface area (Å²) < 4.78 is 11.0. The van der Waals surface area contributed by atoms with Gasteiger partial charge in [0, 0.05) is 44.2 Å². The van der Waals surface area contributed by atoms with E-state index in [0.29, 0.717) is 43.4 Å². The SMILES string of the molecule is Cc1ncsc1-c1ccc(CNC(=O)[C@@H]2C[C@@H](O)CN2C(=O)[C@@H](c2cc(N3CCOCC3)no2)C(C)C)c(O)c1. The van der Waals surface area contributed by atoms with E-state index >= 15 is 0 Å². The number of thiazole rings is 1. The zero-order valence-corrected chi connectivity index (χ0v) is 23.7. The van der Waals surface area contributed by atoms with E-state index in [1.165, 1.54) is 16.2 Å². The van der Waals surface area contributed by atoms with Gasteiger partial charge >= 0.3 is 0 Å². The maximum atomic E-state index is 13.8. The Balaban J connectivity index is 1.27. The van der Waals surface area contributed by atoms with Gasteiger partial charge in [0.05, 0.1) is 35.4 Å². The molecule has 0 unspecified atom stereocenters. The van der Waals surface area contributed by atoms with Gasteiger partial charge in [-0.05, 0) is 24.5 Å². The first kappa shape index (κ1) is 28.1. The summed E-state index contributed by atoms with van der Waals surface area (Å²) >= 11 is 1.50. The summed E-state index contributed by atoms with van der Waals surface area (Å²) in [7, 11) is 0. The van der Waals surface area contributed by atoms with Gasteiger partial charge in [-0.1, -0.05) is 31.1 Å². The second kappa shape index (κ2) is 11.9. The van der Waals surface area contributed by atoms with Crippen molar-refractivity contribution in [1.82, 2.24) is 20.4 Å². The number of phenols is 1. The van der Waals surface area contributed by atoms with Gasteiger partial charge in [-0.15, -0.1) is 11.3 Å². The lowest BCUT2D eigenvalue weighted by molar-refractivity contribution is -0.141. The van der Waals surface area contributed by atoms with Crippen LogP contribution in [0, 0.1) is 12.8 Å². The molecule has 0 radical (unpaired) electrons. The Morgan fingerprint density at radius 3 is 2.67 bits per heavy atom. The van der Waals surface area contributed by atoms with Crippen molar-refractivity contribution < 1.29 is 29.1 Å². The first-order valence-corrected chi connectivity index (χ1v) is 14.4. The van der Waals surface area contributed by atoms with Crippen LogP contribution in [0.15, 0.2) is 34.3 Å². The molecule has 0 spiro atoms. The molecule has 2 fully saturated rings. The van der Waals surface area contributed by atoms with Gasteiger partial charge in [-0.3, -0.25) is 9.59 Å². The monoisotopic (exact) mass is 569 g/mol. The van der Waals surface area contributed by atoms with Crippen LogP contribution in [0.3, 0.4) is 0 Å². The number of likely N-dealkylation sites (tertiary alicyclic amines) is 1. The van der Waals surface area contributed by atoms with E-state index in [1.54, 1.807) is 23.7 Å². The number of nitrogens with one attached hydrogen (secondary N) is 1. The van der Waals surface area contributed by atoms with Gasteiger partial charge in [-0.25, -0.2) is 4.98 Å².